The quantitative estimate of drug-likeness (QED) is 0.777. The number of nitrogens with two attached hydrogens (primary N) is 1. The molecule has 2 rings (SSSR count). The van der Waals surface area contributed by atoms with Crippen molar-refractivity contribution in [2.45, 2.75) is 32.1 Å². The average molecular weight is 189 g/mol. The topological polar surface area (TPSA) is 26.0 Å². The first-order chi connectivity index (χ1) is 6.74. The smallest absolute Gasteiger partial charge is 0.00428 e. The van der Waals surface area contributed by atoms with E-state index in [0.717, 1.165) is 18.4 Å². The molecule has 1 aliphatic rings. The van der Waals surface area contributed by atoms with Gasteiger partial charge in [-0.15, -0.1) is 0 Å². The Morgan fingerprint density at radius 1 is 1.36 bits per heavy atom. The van der Waals surface area contributed by atoms with Gasteiger partial charge in [-0.05, 0) is 41.8 Å². The monoisotopic (exact) mass is 189 g/mol. The highest BCUT2D eigenvalue weighted by molar-refractivity contribution is 5.36. The van der Waals surface area contributed by atoms with Crippen LogP contribution in [0.25, 0.3) is 0 Å². The Morgan fingerprint density at radius 3 is 2.64 bits per heavy atom. The van der Waals surface area contributed by atoms with Crippen LogP contribution >= 0.6 is 0 Å². The lowest BCUT2D eigenvalue weighted by molar-refractivity contribution is 0.786. The maximum absolute atomic E-state index is 5.69. The summed E-state index contributed by atoms with van der Waals surface area (Å²) < 4.78 is 0. The van der Waals surface area contributed by atoms with E-state index in [2.05, 4.69) is 38.1 Å². The standard InChI is InChI=1S/C13H19N/c1-9(2)11-5-3-4-6-12(11)13-7-10(13)8-14/h3-6,9-10,13H,7-8,14H2,1-2H3. The van der Waals surface area contributed by atoms with Crippen LogP contribution in [0.1, 0.15) is 43.2 Å². The highest BCUT2D eigenvalue weighted by Gasteiger charge is 2.38. The van der Waals surface area contributed by atoms with Gasteiger partial charge >= 0.3 is 0 Å². The van der Waals surface area contributed by atoms with Gasteiger partial charge in [0.15, 0.2) is 0 Å². The Kier molecular flexibility index (Phi) is 2.60. The number of hydrogen-bond acceptors (Lipinski definition) is 1. The molecule has 14 heavy (non-hydrogen) atoms. The predicted octanol–water partition coefficient (Wildman–Crippen LogP) is 2.87. The van der Waals surface area contributed by atoms with E-state index in [1.54, 1.807) is 0 Å². The number of benzene rings is 1. The van der Waals surface area contributed by atoms with E-state index in [1.807, 2.05) is 0 Å². The van der Waals surface area contributed by atoms with E-state index >= 15 is 0 Å². The van der Waals surface area contributed by atoms with Gasteiger partial charge in [-0.1, -0.05) is 38.1 Å². The maximum Gasteiger partial charge on any atom is -0.00428 e. The Bertz CT molecular complexity index is 317. The summed E-state index contributed by atoms with van der Waals surface area (Å²) in [6.45, 7) is 5.37. The van der Waals surface area contributed by atoms with Crippen molar-refractivity contribution < 1.29 is 0 Å². The van der Waals surface area contributed by atoms with Crippen molar-refractivity contribution in [3.05, 3.63) is 35.4 Å². The molecule has 1 fully saturated rings. The molecule has 0 aliphatic heterocycles. The van der Waals surface area contributed by atoms with Crippen molar-refractivity contribution in [2.24, 2.45) is 11.7 Å². The molecule has 0 amide bonds. The lowest BCUT2D eigenvalue weighted by Crippen LogP contribution is -2.03. The van der Waals surface area contributed by atoms with Gasteiger partial charge in [-0.2, -0.15) is 0 Å². The minimum atomic E-state index is 0.630. The second kappa shape index (κ2) is 3.74. The molecule has 1 nitrogen and oxygen atoms in total. The third-order valence-electron chi connectivity index (χ3n) is 3.24. The third kappa shape index (κ3) is 1.69. The summed E-state index contributed by atoms with van der Waals surface area (Å²) in [5.74, 6) is 2.12. The van der Waals surface area contributed by atoms with E-state index in [1.165, 1.54) is 17.5 Å². The lowest BCUT2D eigenvalue weighted by Gasteiger charge is -2.12. The van der Waals surface area contributed by atoms with Gasteiger partial charge in [0.25, 0.3) is 0 Å². The Morgan fingerprint density at radius 2 is 2.07 bits per heavy atom. The van der Waals surface area contributed by atoms with Crippen LogP contribution in [0.3, 0.4) is 0 Å². The van der Waals surface area contributed by atoms with Gasteiger partial charge in [-0.3, -0.25) is 0 Å². The largest absolute Gasteiger partial charge is 0.330 e. The summed E-state index contributed by atoms with van der Waals surface area (Å²) in [6.07, 6.45) is 1.29. The third-order valence-corrected chi connectivity index (χ3v) is 3.24. The van der Waals surface area contributed by atoms with Crippen molar-refractivity contribution in [1.82, 2.24) is 0 Å². The molecular formula is C13H19N. The van der Waals surface area contributed by atoms with Crippen LogP contribution in [-0.2, 0) is 0 Å². The zero-order chi connectivity index (χ0) is 10.1. The first kappa shape index (κ1) is 9.72. The van der Waals surface area contributed by atoms with Crippen LogP contribution in [0, 0.1) is 5.92 Å². The molecule has 2 N–H and O–H groups in total. The highest BCUT2D eigenvalue weighted by atomic mass is 14.6. The fourth-order valence-electron chi connectivity index (χ4n) is 2.26. The van der Waals surface area contributed by atoms with Crippen molar-refractivity contribution >= 4 is 0 Å². The number of rotatable bonds is 3. The SMILES string of the molecule is CC(C)c1ccccc1C1CC1CN. The fourth-order valence-corrected chi connectivity index (χ4v) is 2.26. The van der Waals surface area contributed by atoms with E-state index in [9.17, 15) is 0 Å². The molecule has 0 radical (unpaired) electrons. The molecular weight excluding hydrogens is 170 g/mol. The first-order valence-corrected chi connectivity index (χ1v) is 5.53. The van der Waals surface area contributed by atoms with Crippen LogP contribution in [0.2, 0.25) is 0 Å². The summed E-state index contributed by atoms with van der Waals surface area (Å²) in [5, 5.41) is 0. The zero-order valence-electron chi connectivity index (χ0n) is 9.03. The van der Waals surface area contributed by atoms with Crippen LogP contribution < -0.4 is 5.73 Å². The van der Waals surface area contributed by atoms with Gasteiger partial charge in [0.1, 0.15) is 0 Å². The average Bonchev–Trinajstić information content (AvgIpc) is 2.96. The molecule has 76 valence electrons. The summed E-state index contributed by atoms with van der Waals surface area (Å²) in [4.78, 5) is 0. The van der Waals surface area contributed by atoms with E-state index < -0.39 is 0 Å². The van der Waals surface area contributed by atoms with E-state index in [4.69, 9.17) is 5.73 Å². The van der Waals surface area contributed by atoms with Crippen LogP contribution in [0.4, 0.5) is 0 Å². The molecule has 1 aliphatic carbocycles. The molecule has 1 heteroatoms. The normalized spacial score (nSPS) is 25.4. The molecule has 2 unspecified atom stereocenters. The minimum Gasteiger partial charge on any atom is -0.330 e. The molecule has 0 bridgehead atoms. The summed E-state index contributed by atoms with van der Waals surface area (Å²) in [6, 6.07) is 8.81. The molecule has 0 heterocycles. The summed E-state index contributed by atoms with van der Waals surface area (Å²) >= 11 is 0. The fraction of sp³-hybridized carbons (Fsp3) is 0.538. The Balaban J connectivity index is 2.25. The molecule has 2 atom stereocenters. The van der Waals surface area contributed by atoms with Crippen LogP contribution in [0.5, 0.6) is 0 Å². The molecule has 0 spiro atoms. The summed E-state index contributed by atoms with van der Waals surface area (Å²) in [7, 11) is 0. The van der Waals surface area contributed by atoms with Crippen LogP contribution in [0.15, 0.2) is 24.3 Å². The minimum absolute atomic E-state index is 0.630. The molecule has 1 saturated carbocycles. The Labute approximate surface area is 86.3 Å². The van der Waals surface area contributed by atoms with Gasteiger partial charge in [0, 0.05) is 0 Å². The second-order valence-electron chi connectivity index (χ2n) is 4.62. The van der Waals surface area contributed by atoms with Gasteiger partial charge in [0.05, 0.1) is 0 Å². The van der Waals surface area contributed by atoms with E-state index in [-0.39, 0.29) is 0 Å². The molecule has 0 aromatic heterocycles. The van der Waals surface area contributed by atoms with Gasteiger partial charge in [0.2, 0.25) is 0 Å². The maximum atomic E-state index is 5.69. The molecule has 1 aromatic rings. The number of hydrogen-bond donors (Lipinski definition) is 1. The highest BCUT2D eigenvalue weighted by Crippen LogP contribution is 2.48. The zero-order valence-corrected chi connectivity index (χ0v) is 9.03. The van der Waals surface area contributed by atoms with Crippen LogP contribution in [-0.4, -0.2) is 6.54 Å². The van der Waals surface area contributed by atoms with Crippen molar-refractivity contribution in [1.29, 1.82) is 0 Å². The Hall–Kier alpha value is -0.820. The van der Waals surface area contributed by atoms with Gasteiger partial charge in [-0.25, -0.2) is 0 Å². The predicted molar refractivity (Wildman–Crippen MR) is 60.4 cm³/mol. The van der Waals surface area contributed by atoms with E-state index in [0.29, 0.717) is 5.92 Å². The lowest BCUT2D eigenvalue weighted by atomic mass is 9.94. The van der Waals surface area contributed by atoms with Crippen molar-refractivity contribution in [3.8, 4) is 0 Å². The molecule has 1 aromatic carbocycles. The molecule has 0 saturated heterocycles. The van der Waals surface area contributed by atoms with Crippen molar-refractivity contribution in [2.75, 3.05) is 6.54 Å². The second-order valence-corrected chi connectivity index (χ2v) is 4.62. The summed E-state index contributed by atoms with van der Waals surface area (Å²) in [5.41, 5.74) is 8.74. The first-order valence-electron chi connectivity index (χ1n) is 5.53. The van der Waals surface area contributed by atoms with Crippen molar-refractivity contribution in [3.63, 3.8) is 0 Å². The van der Waals surface area contributed by atoms with Gasteiger partial charge < -0.3 is 5.73 Å².